The van der Waals surface area contributed by atoms with Gasteiger partial charge in [0.05, 0.1) is 0 Å². The maximum Gasteiger partial charge on any atom is 0.325 e. The van der Waals surface area contributed by atoms with E-state index in [1.165, 1.54) is 5.56 Å². The molecule has 1 aromatic rings. The molecule has 2 N–H and O–H groups in total. The highest BCUT2D eigenvalue weighted by molar-refractivity contribution is 6.06. The highest BCUT2D eigenvalue weighted by atomic mass is 16.2. The molecule has 1 saturated heterocycles. The van der Waals surface area contributed by atoms with E-state index in [-0.39, 0.29) is 18.4 Å². The Morgan fingerprint density at radius 2 is 2.00 bits per heavy atom. The Balaban J connectivity index is 1.70. The van der Waals surface area contributed by atoms with Gasteiger partial charge in [-0.3, -0.25) is 14.5 Å². The number of benzene rings is 1. The second-order valence-electron chi connectivity index (χ2n) is 5.65. The number of aryl methyl sites for hydroxylation is 1. The van der Waals surface area contributed by atoms with Crippen molar-refractivity contribution in [2.45, 2.75) is 38.6 Å². The standard InChI is InChI=1S/C17H23N3O3/c1-2-7-14-16(22)20(17(23)19-14)12-15(21)18-11-6-10-13-8-4-3-5-9-13/h3-5,8-9,14H,2,6-7,10-12H2,1H3,(H,18,21)(H,19,23). The van der Waals surface area contributed by atoms with Crippen molar-refractivity contribution in [3.8, 4) is 0 Å². The maximum atomic E-state index is 12.0. The maximum absolute atomic E-state index is 12.0. The van der Waals surface area contributed by atoms with Gasteiger partial charge in [-0.1, -0.05) is 43.7 Å². The zero-order valence-corrected chi connectivity index (χ0v) is 13.4. The number of imide groups is 1. The molecule has 4 amide bonds. The van der Waals surface area contributed by atoms with Gasteiger partial charge in [0.1, 0.15) is 12.6 Å². The summed E-state index contributed by atoms with van der Waals surface area (Å²) in [5, 5.41) is 5.36. The van der Waals surface area contributed by atoms with Gasteiger partial charge in [0.2, 0.25) is 5.91 Å². The van der Waals surface area contributed by atoms with Crippen LogP contribution in [0.25, 0.3) is 0 Å². The largest absolute Gasteiger partial charge is 0.355 e. The predicted octanol–water partition coefficient (Wildman–Crippen LogP) is 1.46. The van der Waals surface area contributed by atoms with Crippen LogP contribution in [0.1, 0.15) is 31.7 Å². The molecule has 1 heterocycles. The van der Waals surface area contributed by atoms with Gasteiger partial charge in [-0.15, -0.1) is 0 Å². The number of carbonyl (C=O) groups is 3. The van der Waals surface area contributed by atoms with Crippen molar-refractivity contribution in [1.29, 1.82) is 0 Å². The minimum absolute atomic E-state index is 0.212. The molecule has 0 spiro atoms. The van der Waals surface area contributed by atoms with E-state index in [1.807, 2.05) is 37.3 Å². The Kier molecular flexibility index (Phi) is 6.14. The number of urea groups is 1. The summed E-state index contributed by atoms with van der Waals surface area (Å²) in [6.45, 7) is 2.26. The summed E-state index contributed by atoms with van der Waals surface area (Å²) >= 11 is 0. The topological polar surface area (TPSA) is 78.5 Å². The molecule has 0 radical (unpaired) electrons. The van der Waals surface area contributed by atoms with Crippen LogP contribution in [0.3, 0.4) is 0 Å². The second kappa shape index (κ2) is 8.31. The summed E-state index contributed by atoms with van der Waals surface area (Å²) < 4.78 is 0. The molecule has 1 aromatic carbocycles. The molecule has 1 aliphatic rings. The van der Waals surface area contributed by atoms with E-state index in [0.29, 0.717) is 13.0 Å². The molecule has 124 valence electrons. The summed E-state index contributed by atoms with van der Waals surface area (Å²) in [6.07, 6.45) is 3.09. The third-order valence-electron chi connectivity index (χ3n) is 3.79. The number of carbonyl (C=O) groups excluding carboxylic acids is 3. The van der Waals surface area contributed by atoms with Crippen LogP contribution < -0.4 is 10.6 Å². The fraction of sp³-hybridized carbons (Fsp3) is 0.471. The Morgan fingerprint density at radius 1 is 1.26 bits per heavy atom. The summed E-state index contributed by atoms with van der Waals surface area (Å²) in [6, 6.07) is 9.06. The molecule has 0 aliphatic carbocycles. The first-order valence-corrected chi connectivity index (χ1v) is 8.04. The van der Waals surface area contributed by atoms with Crippen LogP contribution in [0, 0.1) is 0 Å². The first-order chi connectivity index (χ1) is 11.1. The summed E-state index contributed by atoms with van der Waals surface area (Å²) in [5.74, 6) is -0.616. The fourth-order valence-electron chi connectivity index (χ4n) is 2.58. The average molecular weight is 317 g/mol. The molecule has 0 saturated carbocycles. The lowest BCUT2D eigenvalue weighted by atomic mass is 10.1. The van der Waals surface area contributed by atoms with Crippen molar-refractivity contribution in [2.24, 2.45) is 0 Å². The van der Waals surface area contributed by atoms with Gasteiger partial charge in [-0.25, -0.2) is 4.79 Å². The molecule has 2 rings (SSSR count). The minimum Gasteiger partial charge on any atom is -0.355 e. The lowest BCUT2D eigenvalue weighted by Crippen LogP contribution is -2.41. The fourth-order valence-corrected chi connectivity index (χ4v) is 2.58. The van der Waals surface area contributed by atoms with E-state index < -0.39 is 12.1 Å². The highest BCUT2D eigenvalue weighted by Crippen LogP contribution is 2.10. The van der Waals surface area contributed by atoms with Crippen molar-refractivity contribution in [3.63, 3.8) is 0 Å². The molecule has 0 bridgehead atoms. The Bertz CT molecular complexity index is 559. The summed E-state index contributed by atoms with van der Waals surface area (Å²) in [4.78, 5) is 36.6. The van der Waals surface area contributed by atoms with E-state index >= 15 is 0 Å². The third-order valence-corrected chi connectivity index (χ3v) is 3.79. The van der Waals surface area contributed by atoms with E-state index in [1.54, 1.807) is 0 Å². The molecule has 0 aromatic heterocycles. The summed E-state index contributed by atoms with van der Waals surface area (Å²) in [7, 11) is 0. The van der Waals surface area contributed by atoms with Crippen molar-refractivity contribution in [3.05, 3.63) is 35.9 Å². The predicted molar refractivity (Wildman–Crippen MR) is 86.7 cm³/mol. The van der Waals surface area contributed by atoms with E-state index in [9.17, 15) is 14.4 Å². The minimum atomic E-state index is -0.488. The highest BCUT2D eigenvalue weighted by Gasteiger charge is 2.38. The van der Waals surface area contributed by atoms with Crippen molar-refractivity contribution in [2.75, 3.05) is 13.1 Å². The van der Waals surface area contributed by atoms with Gasteiger partial charge in [0.15, 0.2) is 0 Å². The van der Waals surface area contributed by atoms with Gasteiger partial charge in [-0.2, -0.15) is 0 Å². The quantitative estimate of drug-likeness (QED) is 0.563. The molecule has 1 unspecified atom stereocenters. The third kappa shape index (κ3) is 4.81. The SMILES string of the molecule is CCCC1NC(=O)N(CC(=O)NCCCc2ccccc2)C1=O. The van der Waals surface area contributed by atoms with Crippen LogP contribution in [0.4, 0.5) is 4.79 Å². The first-order valence-electron chi connectivity index (χ1n) is 8.04. The monoisotopic (exact) mass is 317 g/mol. The molecule has 1 aliphatic heterocycles. The van der Waals surface area contributed by atoms with Gasteiger partial charge in [0, 0.05) is 6.54 Å². The van der Waals surface area contributed by atoms with E-state index in [0.717, 1.165) is 24.2 Å². The first kappa shape index (κ1) is 17.0. The van der Waals surface area contributed by atoms with Crippen LogP contribution in [0.15, 0.2) is 30.3 Å². The lowest BCUT2D eigenvalue weighted by molar-refractivity contribution is -0.132. The van der Waals surface area contributed by atoms with Crippen molar-refractivity contribution in [1.82, 2.24) is 15.5 Å². The number of rotatable bonds is 8. The van der Waals surface area contributed by atoms with Crippen LogP contribution in [-0.4, -0.2) is 41.9 Å². The van der Waals surface area contributed by atoms with Gasteiger partial charge in [0.25, 0.3) is 5.91 Å². The van der Waals surface area contributed by atoms with Crippen LogP contribution in [0.2, 0.25) is 0 Å². The van der Waals surface area contributed by atoms with Crippen molar-refractivity contribution < 1.29 is 14.4 Å². The molecule has 1 atom stereocenters. The smallest absolute Gasteiger partial charge is 0.325 e. The van der Waals surface area contributed by atoms with Gasteiger partial charge >= 0.3 is 6.03 Å². The molecule has 6 nitrogen and oxygen atoms in total. The molecule has 1 fully saturated rings. The van der Waals surface area contributed by atoms with Gasteiger partial charge in [-0.05, 0) is 24.8 Å². The number of nitrogens with one attached hydrogen (secondary N) is 2. The van der Waals surface area contributed by atoms with E-state index in [2.05, 4.69) is 10.6 Å². The molecule has 6 heteroatoms. The number of hydrogen-bond donors (Lipinski definition) is 2. The zero-order valence-electron chi connectivity index (χ0n) is 13.4. The molecular weight excluding hydrogens is 294 g/mol. The van der Waals surface area contributed by atoms with Crippen LogP contribution in [-0.2, 0) is 16.0 Å². The Hall–Kier alpha value is -2.37. The normalized spacial score (nSPS) is 17.3. The zero-order chi connectivity index (χ0) is 16.7. The van der Waals surface area contributed by atoms with Crippen LogP contribution >= 0.6 is 0 Å². The average Bonchev–Trinajstić information content (AvgIpc) is 2.81. The number of hydrogen-bond acceptors (Lipinski definition) is 3. The second-order valence-corrected chi connectivity index (χ2v) is 5.65. The number of nitrogens with zero attached hydrogens (tertiary/aromatic N) is 1. The molecule has 23 heavy (non-hydrogen) atoms. The summed E-state index contributed by atoms with van der Waals surface area (Å²) in [5.41, 5.74) is 1.22. The van der Waals surface area contributed by atoms with Crippen molar-refractivity contribution >= 4 is 17.8 Å². The molecular formula is C17H23N3O3. The van der Waals surface area contributed by atoms with E-state index in [4.69, 9.17) is 0 Å². The Labute approximate surface area is 136 Å². The van der Waals surface area contributed by atoms with Crippen LogP contribution in [0.5, 0.6) is 0 Å². The Morgan fingerprint density at radius 3 is 2.70 bits per heavy atom. The number of amides is 4. The lowest BCUT2D eigenvalue weighted by Gasteiger charge is -2.13. The van der Waals surface area contributed by atoms with Gasteiger partial charge < -0.3 is 10.6 Å².